The van der Waals surface area contributed by atoms with E-state index in [4.69, 9.17) is 4.74 Å². The number of hydrogen-bond acceptors (Lipinski definition) is 5. The van der Waals surface area contributed by atoms with Crippen molar-refractivity contribution in [2.45, 2.75) is 33.1 Å². The highest BCUT2D eigenvalue weighted by Crippen LogP contribution is 2.34. The molecule has 0 N–H and O–H groups in total. The largest absolute Gasteiger partial charge is 0.378 e. The van der Waals surface area contributed by atoms with Crippen molar-refractivity contribution in [1.82, 2.24) is 14.7 Å². The molecule has 6 nitrogen and oxygen atoms in total. The van der Waals surface area contributed by atoms with Gasteiger partial charge in [-0.25, -0.2) is 0 Å². The molecule has 0 bridgehead atoms. The first-order valence-electron chi connectivity index (χ1n) is 11.0. The van der Waals surface area contributed by atoms with E-state index in [0.29, 0.717) is 38.1 Å². The molecule has 1 aromatic heterocycles. The highest BCUT2D eigenvalue weighted by atomic mass is 32.1. The Morgan fingerprint density at radius 3 is 2.52 bits per heavy atom. The van der Waals surface area contributed by atoms with Crippen molar-refractivity contribution in [3.05, 3.63) is 21.4 Å². The Kier molecular flexibility index (Phi) is 6.56. The van der Waals surface area contributed by atoms with Crippen LogP contribution >= 0.6 is 11.3 Å². The molecule has 2 saturated heterocycles. The number of thiophene rings is 1. The number of fused-ring (bicyclic) bond motifs is 1. The van der Waals surface area contributed by atoms with E-state index >= 15 is 0 Å². The van der Waals surface area contributed by atoms with Crippen LogP contribution in [0.2, 0.25) is 0 Å². The molecule has 2 aliphatic heterocycles. The highest BCUT2D eigenvalue weighted by molar-refractivity contribution is 7.14. The van der Waals surface area contributed by atoms with Gasteiger partial charge >= 0.3 is 0 Å². The zero-order valence-electron chi connectivity index (χ0n) is 17.7. The first-order chi connectivity index (χ1) is 14.0. The number of morpholine rings is 1. The summed E-state index contributed by atoms with van der Waals surface area (Å²) >= 11 is 1.63. The SMILES string of the molecule is CC(C)CN1CCN(C(=O)[C@@H]2CCc3sc(C(=O)N4CCOCC4)cc3C2)CC1. The van der Waals surface area contributed by atoms with Crippen LogP contribution in [-0.2, 0) is 22.4 Å². The summed E-state index contributed by atoms with van der Waals surface area (Å²) in [5.41, 5.74) is 1.22. The van der Waals surface area contributed by atoms with E-state index in [2.05, 4.69) is 29.7 Å². The number of aryl methyl sites for hydroxylation is 1. The molecule has 1 aliphatic carbocycles. The van der Waals surface area contributed by atoms with Gasteiger partial charge in [-0.2, -0.15) is 0 Å². The molecule has 4 rings (SSSR count). The summed E-state index contributed by atoms with van der Waals surface area (Å²) in [6.07, 6.45) is 2.61. The van der Waals surface area contributed by atoms with Gasteiger partial charge in [-0.05, 0) is 36.8 Å². The molecule has 2 fully saturated rings. The average molecular weight is 420 g/mol. The van der Waals surface area contributed by atoms with Crippen molar-refractivity contribution in [2.24, 2.45) is 11.8 Å². The van der Waals surface area contributed by atoms with Crippen LogP contribution in [0.3, 0.4) is 0 Å². The van der Waals surface area contributed by atoms with Gasteiger partial charge in [-0.3, -0.25) is 14.5 Å². The number of hydrogen-bond donors (Lipinski definition) is 0. The summed E-state index contributed by atoms with van der Waals surface area (Å²) in [6, 6.07) is 2.05. The van der Waals surface area contributed by atoms with E-state index in [1.807, 2.05) is 4.90 Å². The maximum Gasteiger partial charge on any atom is 0.264 e. The number of carbonyl (C=O) groups excluding carboxylic acids is 2. The molecule has 1 atom stereocenters. The maximum absolute atomic E-state index is 13.1. The van der Waals surface area contributed by atoms with Gasteiger partial charge in [0.1, 0.15) is 0 Å². The van der Waals surface area contributed by atoms with E-state index in [1.165, 1.54) is 10.4 Å². The lowest BCUT2D eigenvalue weighted by Crippen LogP contribution is -2.51. The summed E-state index contributed by atoms with van der Waals surface area (Å²) in [5, 5.41) is 0. The lowest BCUT2D eigenvalue weighted by atomic mass is 9.87. The fraction of sp³-hybridized carbons (Fsp3) is 0.727. The molecular weight excluding hydrogens is 386 g/mol. The van der Waals surface area contributed by atoms with Crippen LogP contribution in [0.5, 0.6) is 0 Å². The Bertz CT molecular complexity index is 734. The third-order valence-corrected chi connectivity index (χ3v) is 7.47. The normalized spacial score (nSPS) is 23.3. The fourth-order valence-electron chi connectivity index (χ4n) is 4.69. The second-order valence-corrected chi connectivity index (χ2v) is 10.1. The van der Waals surface area contributed by atoms with Crippen molar-refractivity contribution in [1.29, 1.82) is 0 Å². The van der Waals surface area contributed by atoms with Gasteiger partial charge in [-0.1, -0.05) is 13.8 Å². The fourth-order valence-corrected chi connectivity index (χ4v) is 5.86. The molecule has 2 amide bonds. The van der Waals surface area contributed by atoms with Gasteiger partial charge in [0.2, 0.25) is 5.91 Å². The molecule has 29 heavy (non-hydrogen) atoms. The maximum atomic E-state index is 13.1. The first-order valence-corrected chi connectivity index (χ1v) is 11.8. The zero-order chi connectivity index (χ0) is 20.4. The number of rotatable bonds is 4. The Morgan fingerprint density at radius 2 is 1.83 bits per heavy atom. The van der Waals surface area contributed by atoms with Crippen molar-refractivity contribution in [3.63, 3.8) is 0 Å². The number of ether oxygens (including phenoxy) is 1. The van der Waals surface area contributed by atoms with E-state index in [-0.39, 0.29) is 11.8 Å². The number of piperazine rings is 1. The first kappa shape index (κ1) is 20.8. The van der Waals surface area contributed by atoms with Gasteiger partial charge < -0.3 is 14.5 Å². The lowest BCUT2D eigenvalue weighted by molar-refractivity contribution is -0.137. The average Bonchev–Trinajstić information content (AvgIpc) is 3.17. The molecule has 3 aliphatic rings. The summed E-state index contributed by atoms with van der Waals surface area (Å²) in [7, 11) is 0. The smallest absolute Gasteiger partial charge is 0.264 e. The van der Waals surface area contributed by atoms with Gasteiger partial charge in [0.05, 0.1) is 18.1 Å². The standard InChI is InChI=1S/C22H33N3O3S/c1-16(2)15-23-5-7-24(8-6-23)21(26)17-3-4-19-18(13-17)14-20(29-19)22(27)25-9-11-28-12-10-25/h14,16-17H,3-13,15H2,1-2H3/t17-/m1/s1. The van der Waals surface area contributed by atoms with Crippen LogP contribution in [0.1, 0.15) is 40.4 Å². The van der Waals surface area contributed by atoms with E-state index < -0.39 is 0 Å². The quantitative estimate of drug-likeness (QED) is 0.750. The summed E-state index contributed by atoms with van der Waals surface area (Å²) in [6.45, 7) is 11.9. The molecular formula is C22H33N3O3S. The Balaban J connectivity index is 1.34. The molecule has 3 heterocycles. The predicted octanol–water partition coefficient (Wildman–Crippen LogP) is 2.13. The molecule has 0 radical (unpaired) electrons. The minimum atomic E-state index is 0.0695. The third-order valence-electron chi connectivity index (χ3n) is 6.25. The Labute approximate surface area is 177 Å². The molecule has 0 saturated carbocycles. The van der Waals surface area contributed by atoms with Crippen molar-refractivity contribution in [3.8, 4) is 0 Å². The Morgan fingerprint density at radius 1 is 1.10 bits per heavy atom. The monoisotopic (exact) mass is 419 g/mol. The van der Waals surface area contributed by atoms with Gasteiger partial charge in [0.25, 0.3) is 5.91 Å². The number of amides is 2. The Hall–Kier alpha value is -1.44. The van der Waals surface area contributed by atoms with E-state index in [9.17, 15) is 9.59 Å². The third kappa shape index (κ3) is 4.84. The topological polar surface area (TPSA) is 53.1 Å². The van der Waals surface area contributed by atoms with Gasteiger partial charge in [0.15, 0.2) is 0 Å². The lowest BCUT2D eigenvalue weighted by Gasteiger charge is -2.37. The van der Waals surface area contributed by atoms with Crippen LogP contribution < -0.4 is 0 Å². The summed E-state index contributed by atoms with van der Waals surface area (Å²) in [4.78, 5) is 34.4. The highest BCUT2D eigenvalue weighted by Gasteiger charge is 2.32. The second kappa shape index (κ2) is 9.14. The van der Waals surface area contributed by atoms with Crippen LogP contribution in [0, 0.1) is 11.8 Å². The summed E-state index contributed by atoms with van der Waals surface area (Å²) in [5.74, 6) is 1.17. The minimum Gasteiger partial charge on any atom is -0.378 e. The van der Waals surface area contributed by atoms with Crippen LogP contribution in [-0.4, -0.2) is 85.5 Å². The molecule has 0 aromatic carbocycles. The van der Waals surface area contributed by atoms with Crippen molar-refractivity contribution in [2.75, 3.05) is 59.0 Å². The summed E-state index contributed by atoms with van der Waals surface area (Å²) < 4.78 is 5.35. The molecule has 1 aromatic rings. The van der Waals surface area contributed by atoms with Gasteiger partial charge in [0, 0.05) is 56.6 Å². The molecule has 7 heteroatoms. The molecule has 0 spiro atoms. The van der Waals surface area contributed by atoms with E-state index in [0.717, 1.165) is 56.9 Å². The van der Waals surface area contributed by atoms with Crippen LogP contribution in [0.4, 0.5) is 0 Å². The zero-order valence-corrected chi connectivity index (χ0v) is 18.5. The predicted molar refractivity (Wildman–Crippen MR) is 114 cm³/mol. The van der Waals surface area contributed by atoms with Gasteiger partial charge in [-0.15, -0.1) is 11.3 Å². The number of nitrogens with zero attached hydrogens (tertiary/aromatic N) is 3. The minimum absolute atomic E-state index is 0.0695. The molecule has 0 unspecified atom stereocenters. The van der Waals surface area contributed by atoms with Crippen LogP contribution in [0.25, 0.3) is 0 Å². The van der Waals surface area contributed by atoms with E-state index in [1.54, 1.807) is 11.3 Å². The molecule has 160 valence electrons. The van der Waals surface area contributed by atoms with Crippen molar-refractivity contribution >= 4 is 23.2 Å². The number of carbonyl (C=O) groups is 2. The second-order valence-electron chi connectivity index (χ2n) is 8.92. The van der Waals surface area contributed by atoms with Crippen molar-refractivity contribution < 1.29 is 14.3 Å². The van der Waals surface area contributed by atoms with Crippen LogP contribution in [0.15, 0.2) is 6.07 Å².